The third kappa shape index (κ3) is 6.70. The first kappa shape index (κ1) is 25.0. The van der Waals surface area contributed by atoms with E-state index in [2.05, 4.69) is 15.0 Å². The predicted molar refractivity (Wildman–Crippen MR) is 111 cm³/mol. The van der Waals surface area contributed by atoms with Crippen LogP contribution in [0.5, 0.6) is 11.5 Å². The Bertz CT molecular complexity index is 1030. The maximum atomic E-state index is 14.5. The van der Waals surface area contributed by atoms with Gasteiger partial charge in [-0.25, -0.2) is 13.8 Å². The molecule has 1 fully saturated rings. The van der Waals surface area contributed by atoms with Gasteiger partial charge in [0.05, 0.1) is 25.3 Å². The number of amides is 1. The average Bonchev–Trinajstić information content (AvgIpc) is 3.05. The zero-order chi connectivity index (χ0) is 24.9. The number of rotatable bonds is 8. The summed E-state index contributed by atoms with van der Waals surface area (Å²) in [6.45, 7) is -1.17. The maximum absolute atomic E-state index is 14.5. The standard InChI is InChI=1S/C21H21F5N4O4/c22-20(23)12-30(7-5-13-1-3-15(4-2-13)34-21(24,25)26)11-17(20)33-16-9-14(10-29-18(16)27)19(32)28-6-8-31/h1-5,7,9-10,17,31H,6,8,11-12H2,(H2,27,29)(H,28,32)/t17-/m0/s1. The summed E-state index contributed by atoms with van der Waals surface area (Å²) in [5, 5.41) is 11.2. The SMILES string of the molecule is Nc1ncc(C(=O)NCCO)cc1O[C@H]1CN(C=Cc2ccc(OC(F)(F)F)cc2)CC1(F)F. The fraction of sp³-hybridized carbons (Fsp3) is 0.333. The molecule has 1 atom stereocenters. The Labute approximate surface area is 190 Å². The van der Waals surface area contributed by atoms with E-state index in [1.165, 1.54) is 35.4 Å². The van der Waals surface area contributed by atoms with Gasteiger partial charge in [-0.15, -0.1) is 13.2 Å². The Hall–Kier alpha value is -3.61. The van der Waals surface area contributed by atoms with Crippen LogP contribution >= 0.6 is 0 Å². The molecule has 184 valence electrons. The van der Waals surface area contributed by atoms with E-state index in [1.54, 1.807) is 0 Å². The highest BCUT2D eigenvalue weighted by Gasteiger charge is 2.49. The number of pyridine rings is 1. The Morgan fingerprint density at radius 3 is 2.68 bits per heavy atom. The van der Waals surface area contributed by atoms with Crippen molar-refractivity contribution in [2.75, 3.05) is 32.0 Å². The van der Waals surface area contributed by atoms with Crippen LogP contribution in [0.15, 0.2) is 42.7 Å². The van der Waals surface area contributed by atoms with E-state index < -0.39 is 36.6 Å². The third-order valence-electron chi connectivity index (χ3n) is 4.69. The van der Waals surface area contributed by atoms with Gasteiger partial charge < -0.3 is 30.5 Å². The van der Waals surface area contributed by atoms with Crippen LogP contribution in [0.25, 0.3) is 6.08 Å². The first-order valence-corrected chi connectivity index (χ1v) is 9.94. The number of likely N-dealkylation sites (tertiary alicyclic amines) is 1. The van der Waals surface area contributed by atoms with Crippen molar-refractivity contribution in [2.45, 2.75) is 18.4 Å². The second-order valence-corrected chi connectivity index (χ2v) is 7.32. The molecule has 0 aliphatic carbocycles. The van der Waals surface area contributed by atoms with E-state index in [0.29, 0.717) is 5.56 Å². The van der Waals surface area contributed by atoms with Crippen molar-refractivity contribution in [1.29, 1.82) is 0 Å². The summed E-state index contributed by atoms with van der Waals surface area (Å²) in [5.41, 5.74) is 6.21. The molecule has 0 spiro atoms. The van der Waals surface area contributed by atoms with Gasteiger partial charge in [-0.1, -0.05) is 12.1 Å². The molecule has 0 saturated carbocycles. The number of carbonyl (C=O) groups excluding carboxylic acids is 1. The summed E-state index contributed by atoms with van der Waals surface area (Å²) in [7, 11) is 0. The van der Waals surface area contributed by atoms with E-state index >= 15 is 0 Å². The molecule has 3 rings (SSSR count). The number of nitrogen functional groups attached to an aromatic ring is 1. The van der Waals surface area contributed by atoms with Crippen molar-refractivity contribution < 1.29 is 41.3 Å². The lowest BCUT2D eigenvalue weighted by Gasteiger charge is -2.20. The maximum Gasteiger partial charge on any atom is 0.573 e. The first-order chi connectivity index (χ1) is 16.0. The monoisotopic (exact) mass is 488 g/mol. The van der Waals surface area contributed by atoms with Crippen molar-refractivity contribution in [2.24, 2.45) is 0 Å². The number of nitrogens with two attached hydrogens (primary N) is 1. The average molecular weight is 488 g/mol. The van der Waals surface area contributed by atoms with Crippen LogP contribution in [0.3, 0.4) is 0 Å². The fourth-order valence-electron chi connectivity index (χ4n) is 3.09. The lowest BCUT2D eigenvalue weighted by Crippen LogP contribution is -2.36. The first-order valence-electron chi connectivity index (χ1n) is 9.94. The van der Waals surface area contributed by atoms with E-state index in [-0.39, 0.29) is 36.8 Å². The number of alkyl halides is 5. The lowest BCUT2D eigenvalue weighted by molar-refractivity contribution is -0.274. The molecule has 1 saturated heterocycles. The predicted octanol–water partition coefficient (Wildman–Crippen LogP) is 2.65. The highest BCUT2D eigenvalue weighted by Crippen LogP contribution is 2.33. The molecule has 4 N–H and O–H groups in total. The molecule has 2 heterocycles. The summed E-state index contributed by atoms with van der Waals surface area (Å²) < 4.78 is 75.0. The minimum atomic E-state index is -4.81. The summed E-state index contributed by atoms with van der Waals surface area (Å²) >= 11 is 0. The largest absolute Gasteiger partial charge is 0.573 e. The lowest BCUT2D eigenvalue weighted by atomic mass is 10.2. The molecule has 0 radical (unpaired) electrons. The second kappa shape index (κ2) is 10.1. The number of aliphatic hydroxyl groups excluding tert-OH is 1. The number of nitrogens with one attached hydrogen (secondary N) is 1. The summed E-state index contributed by atoms with van der Waals surface area (Å²) in [5.74, 6) is -4.61. The van der Waals surface area contributed by atoms with Gasteiger partial charge in [0.25, 0.3) is 5.91 Å². The Kier molecular flexibility index (Phi) is 7.44. The van der Waals surface area contributed by atoms with E-state index in [1.807, 2.05) is 0 Å². The molecular weight excluding hydrogens is 467 g/mol. The molecule has 0 bridgehead atoms. The van der Waals surface area contributed by atoms with Gasteiger partial charge in [-0.05, 0) is 29.8 Å². The van der Waals surface area contributed by atoms with Gasteiger partial charge in [0.2, 0.25) is 0 Å². The molecular formula is C21H21F5N4O4. The highest BCUT2D eigenvalue weighted by atomic mass is 19.4. The van der Waals surface area contributed by atoms with E-state index in [0.717, 1.165) is 18.3 Å². The molecule has 13 heteroatoms. The Morgan fingerprint density at radius 1 is 1.32 bits per heavy atom. The van der Waals surface area contributed by atoms with Crippen molar-refractivity contribution in [3.8, 4) is 11.5 Å². The number of anilines is 1. The van der Waals surface area contributed by atoms with Crippen LogP contribution in [0.2, 0.25) is 0 Å². The minimum absolute atomic E-state index is 0.000525. The smallest absolute Gasteiger partial charge is 0.478 e. The van der Waals surface area contributed by atoms with E-state index in [4.69, 9.17) is 15.6 Å². The molecule has 34 heavy (non-hydrogen) atoms. The van der Waals surface area contributed by atoms with Crippen LogP contribution in [-0.4, -0.2) is 65.5 Å². The number of carbonyl (C=O) groups is 1. The van der Waals surface area contributed by atoms with Crippen molar-refractivity contribution in [3.05, 3.63) is 53.9 Å². The van der Waals surface area contributed by atoms with Crippen LogP contribution < -0.4 is 20.5 Å². The zero-order valence-electron chi connectivity index (χ0n) is 17.6. The Balaban J connectivity index is 1.65. The van der Waals surface area contributed by atoms with Crippen LogP contribution in [0.1, 0.15) is 15.9 Å². The second-order valence-electron chi connectivity index (χ2n) is 7.32. The van der Waals surface area contributed by atoms with Crippen LogP contribution in [0, 0.1) is 0 Å². The van der Waals surface area contributed by atoms with Crippen LogP contribution in [0.4, 0.5) is 27.8 Å². The van der Waals surface area contributed by atoms with Crippen LogP contribution in [-0.2, 0) is 0 Å². The normalized spacial score (nSPS) is 17.7. The van der Waals surface area contributed by atoms with Crippen molar-refractivity contribution >= 4 is 17.8 Å². The van der Waals surface area contributed by atoms with Gasteiger partial charge in [0.1, 0.15) is 5.75 Å². The highest BCUT2D eigenvalue weighted by molar-refractivity contribution is 5.94. The number of benzene rings is 1. The van der Waals surface area contributed by atoms with Gasteiger partial charge in [-0.2, -0.15) is 0 Å². The molecule has 1 aromatic carbocycles. The number of hydrogen-bond donors (Lipinski definition) is 3. The molecule has 1 aliphatic rings. The molecule has 1 aliphatic heterocycles. The van der Waals surface area contributed by atoms with Crippen molar-refractivity contribution in [1.82, 2.24) is 15.2 Å². The summed E-state index contributed by atoms with van der Waals surface area (Å²) in [6, 6.07) is 6.10. The van der Waals surface area contributed by atoms with Gasteiger partial charge in [0, 0.05) is 18.9 Å². The topological polar surface area (TPSA) is 110 Å². The molecule has 1 aromatic heterocycles. The number of ether oxygens (including phenoxy) is 2. The Morgan fingerprint density at radius 2 is 2.03 bits per heavy atom. The fourth-order valence-corrected chi connectivity index (χ4v) is 3.09. The number of nitrogens with zero attached hydrogens (tertiary/aromatic N) is 2. The van der Waals surface area contributed by atoms with Gasteiger partial charge in [-0.3, -0.25) is 4.79 Å². The number of aromatic nitrogens is 1. The molecule has 2 aromatic rings. The van der Waals surface area contributed by atoms with Crippen molar-refractivity contribution in [3.63, 3.8) is 0 Å². The van der Waals surface area contributed by atoms with E-state index in [9.17, 15) is 26.7 Å². The van der Waals surface area contributed by atoms with Gasteiger partial charge in [0.15, 0.2) is 17.7 Å². The number of aliphatic hydroxyl groups is 1. The quantitative estimate of drug-likeness (QED) is 0.490. The molecule has 1 amide bonds. The van der Waals surface area contributed by atoms with Gasteiger partial charge >= 0.3 is 12.3 Å². The summed E-state index contributed by atoms with van der Waals surface area (Å²) in [4.78, 5) is 17.1. The third-order valence-corrected chi connectivity index (χ3v) is 4.69. The minimum Gasteiger partial charge on any atom is -0.478 e. The molecule has 0 unspecified atom stereocenters. The summed E-state index contributed by atoms with van der Waals surface area (Å²) in [6.07, 6.45) is -2.42. The zero-order valence-corrected chi connectivity index (χ0v) is 17.6. The number of hydrogen-bond acceptors (Lipinski definition) is 7. The number of halogens is 5. The molecule has 8 nitrogen and oxygen atoms in total.